The summed E-state index contributed by atoms with van der Waals surface area (Å²) in [4.78, 5) is 18.6. The van der Waals surface area contributed by atoms with Crippen molar-refractivity contribution in [2.24, 2.45) is 0 Å². The van der Waals surface area contributed by atoms with Crippen LogP contribution in [0.5, 0.6) is 0 Å². The van der Waals surface area contributed by atoms with E-state index >= 15 is 0 Å². The summed E-state index contributed by atoms with van der Waals surface area (Å²) >= 11 is 7.37. The van der Waals surface area contributed by atoms with Crippen molar-refractivity contribution in [2.75, 3.05) is 11.1 Å². The van der Waals surface area contributed by atoms with E-state index in [1.54, 1.807) is 6.20 Å². The van der Waals surface area contributed by atoms with Gasteiger partial charge in [-0.25, -0.2) is 4.98 Å². The third-order valence-electron chi connectivity index (χ3n) is 4.36. The Morgan fingerprint density at radius 2 is 1.93 bits per heavy atom. The minimum Gasteiger partial charge on any atom is -0.398 e. The number of rotatable bonds is 3. The molecule has 0 saturated heterocycles. The minimum atomic E-state index is -0.184. The van der Waals surface area contributed by atoms with Crippen LogP contribution in [0.15, 0.2) is 60.8 Å². The number of hydrogen-bond acceptors (Lipinski definition) is 4. The predicted octanol–water partition coefficient (Wildman–Crippen LogP) is 5.76. The molecule has 1 amide bonds. The van der Waals surface area contributed by atoms with Crippen molar-refractivity contribution in [3.05, 3.63) is 76.3 Å². The molecule has 134 valence electrons. The van der Waals surface area contributed by atoms with E-state index in [0.29, 0.717) is 21.3 Å². The molecule has 0 aliphatic rings. The van der Waals surface area contributed by atoms with Crippen LogP contribution in [-0.4, -0.2) is 10.9 Å². The van der Waals surface area contributed by atoms with Crippen molar-refractivity contribution in [1.29, 1.82) is 0 Å². The Hall–Kier alpha value is -2.89. The minimum absolute atomic E-state index is 0.184. The second-order valence-corrected chi connectivity index (χ2v) is 7.66. The lowest BCUT2D eigenvalue weighted by atomic mass is 9.98. The highest BCUT2D eigenvalue weighted by molar-refractivity contribution is 7.20. The number of nitrogen functional groups attached to an aromatic ring is 1. The topological polar surface area (TPSA) is 68.0 Å². The molecule has 0 unspecified atom stereocenters. The average Bonchev–Trinajstić information content (AvgIpc) is 3.10. The van der Waals surface area contributed by atoms with Gasteiger partial charge in [-0.05, 0) is 48.4 Å². The van der Waals surface area contributed by atoms with E-state index in [4.69, 9.17) is 17.3 Å². The van der Waals surface area contributed by atoms with Gasteiger partial charge in [0.05, 0.1) is 10.6 Å². The molecule has 27 heavy (non-hydrogen) atoms. The molecule has 0 aliphatic heterocycles. The first-order valence-electron chi connectivity index (χ1n) is 8.34. The fraction of sp³-hybridized carbons (Fsp3) is 0.0476. The Bertz CT molecular complexity index is 1120. The molecule has 0 fully saturated rings. The highest BCUT2D eigenvalue weighted by Gasteiger charge is 2.16. The van der Waals surface area contributed by atoms with Gasteiger partial charge in [-0.3, -0.25) is 4.79 Å². The maximum absolute atomic E-state index is 12.8. The van der Waals surface area contributed by atoms with E-state index in [1.165, 1.54) is 11.3 Å². The lowest BCUT2D eigenvalue weighted by Crippen LogP contribution is -2.12. The maximum atomic E-state index is 12.8. The first-order chi connectivity index (χ1) is 13.0. The molecule has 0 bridgehead atoms. The first-order valence-corrected chi connectivity index (χ1v) is 9.53. The zero-order valence-corrected chi connectivity index (χ0v) is 16.1. The summed E-state index contributed by atoms with van der Waals surface area (Å²) in [7, 11) is 0. The number of aryl methyl sites for hydroxylation is 1. The highest BCUT2D eigenvalue weighted by atomic mass is 35.5. The number of thiophene rings is 1. The molecule has 2 heterocycles. The number of carbonyl (C=O) groups is 1. The van der Waals surface area contributed by atoms with Crippen LogP contribution in [0.2, 0.25) is 5.02 Å². The summed E-state index contributed by atoms with van der Waals surface area (Å²) in [5, 5.41) is 4.60. The van der Waals surface area contributed by atoms with E-state index in [9.17, 15) is 4.79 Å². The summed E-state index contributed by atoms with van der Waals surface area (Å²) in [6, 6.07) is 16.8. The Morgan fingerprint density at radius 1 is 1.15 bits per heavy atom. The molecule has 2 aromatic heterocycles. The van der Waals surface area contributed by atoms with Gasteiger partial charge in [0, 0.05) is 27.9 Å². The number of aromatic nitrogens is 1. The number of pyridine rings is 1. The maximum Gasteiger partial charge on any atom is 0.265 e. The van der Waals surface area contributed by atoms with Gasteiger partial charge in [-0.1, -0.05) is 35.9 Å². The molecule has 3 N–H and O–H groups in total. The van der Waals surface area contributed by atoms with E-state index in [-0.39, 0.29) is 5.91 Å². The van der Waals surface area contributed by atoms with Crippen molar-refractivity contribution < 1.29 is 4.79 Å². The van der Waals surface area contributed by atoms with Gasteiger partial charge in [-0.2, -0.15) is 0 Å². The molecule has 6 heteroatoms. The van der Waals surface area contributed by atoms with Crippen molar-refractivity contribution in [3.8, 4) is 11.1 Å². The Kier molecular flexibility index (Phi) is 4.56. The fourth-order valence-electron chi connectivity index (χ4n) is 2.92. The summed E-state index contributed by atoms with van der Waals surface area (Å²) in [6.45, 7) is 1.94. The van der Waals surface area contributed by atoms with Crippen LogP contribution in [0.4, 0.5) is 11.4 Å². The average molecular weight is 394 g/mol. The quantitative estimate of drug-likeness (QED) is 0.435. The normalized spacial score (nSPS) is 10.9. The van der Waals surface area contributed by atoms with Gasteiger partial charge in [0.2, 0.25) is 0 Å². The summed E-state index contributed by atoms with van der Waals surface area (Å²) in [6.07, 6.45) is 1.72. The Balaban J connectivity index is 1.74. The number of benzene rings is 2. The lowest BCUT2D eigenvalue weighted by molar-refractivity contribution is 0.103. The van der Waals surface area contributed by atoms with Gasteiger partial charge in [0.25, 0.3) is 5.91 Å². The van der Waals surface area contributed by atoms with Gasteiger partial charge in [0.1, 0.15) is 4.83 Å². The predicted molar refractivity (Wildman–Crippen MR) is 114 cm³/mol. The summed E-state index contributed by atoms with van der Waals surface area (Å²) < 4.78 is 0. The number of nitrogens with two attached hydrogens (primary N) is 1. The van der Waals surface area contributed by atoms with Crippen LogP contribution in [0, 0.1) is 6.92 Å². The van der Waals surface area contributed by atoms with E-state index < -0.39 is 0 Å². The van der Waals surface area contributed by atoms with Crippen LogP contribution in [-0.2, 0) is 0 Å². The van der Waals surface area contributed by atoms with Gasteiger partial charge in [0.15, 0.2) is 0 Å². The number of halogens is 1. The van der Waals surface area contributed by atoms with Crippen molar-refractivity contribution in [3.63, 3.8) is 0 Å². The molecule has 0 atom stereocenters. The SMILES string of the molecule is Cc1ccc(NC(=O)c2cc3cccnc3s2)c(-c2ccc(Cl)cc2)c1N. The van der Waals surface area contributed by atoms with Crippen LogP contribution in [0.25, 0.3) is 21.3 Å². The largest absolute Gasteiger partial charge is 0.398 e. The lowest BCUT2D eigenvalue weighted by Gasteiger charge is -2.15. The first kappa shape index (κ1) is 17.5. The number of anilines is 2. The third-order valence-corrected chi connectivity index (χ3v) is 5.67. The van der Waals surface area contributed by atoms with Gasteiger partial charge < -0.3 is 11.1 Å². The number of hydrogen-bond donors (Lipinski definition) is 2. The van der Waals surface area contributed by atoms with Crippen LogP contribution < -0.4 is 11.1 Å². The number of amides is 1. The molecule has 0 saturated carbocycles. The van der Waals surface area contributed by atoms with Gasteiger partial charge in [-0.15, -0.1) is 11.3 Å². The molecule has 0 aliphatic carbocycles. The van der Waals surface area contributed by atoms with Crippen molar-refractivity contribution in [1.82, 2.24) is 4.98 Å². The van der Waals surface area contributed by atoms with Crippen LogP contribution in [0.3, 0.4) is 0 Å². The van der Waals surface area contributed by atoms with E-state index in [1.807, 2.05) is 61.5 Å². The molecular weight excluding hydrogens is 378 g/mol. The Labute approximate surface area is 165 Å². The number of nitrogens with zero attached hydrogens (tertiary/aromatic N) is 1. The molecule has 0 radical (unpaired) electrons. The standard InChI is InChI=1S/C21H16ClN3OS/c1-12-4-9-16(18(19(12)23)13-5-7-15(22)8-6-13)25-20(26)17-11-14-3-2-10-24-21(14)27-17/h2-11H,23H2,1H3,(H,25,26). The summed E-state index contributed by atoms with van der Waals surface area (Å²) in [5.41, 5.74) is 10.3. The molecule has 4 nitrogen and oxygen atoms in total. The molecule has 4 aromatic rings. The molecular formula is C21H16ClN3OS. The summed E-state index contributed by atoms with van der Waals surface area (Å²) in [5.74, 6) is -0.184. The monoisotopic (exact) mass is 393 g/mol. The number of carbonyl (C=O) groups excluding carboxylic acids is 1. The van der Waals surface area contributed by atoms with E-state index in [2.05, 4.69) is 10.3 Å². The van der Waals surface area contributed by atoms with E-state index in [0.717, 1.165) is 26.9 Å². The van der Waals surface area contributed by atoms with Crippen molar-refractivity contribution in [2.45, 2.75) is 6.92 Å². The zero-order chi connectivity index (χ0) is 19.0. The zero-order valence-electron chi connectivity index (χ0n) is 14.5. The van der Waals surface area contributed by atoms with Crippen LogP contribution in [0.1, 0.15) is 15.2 Å². The van der Waals surface area contributed by atoms with Crippen molar-refractivity contribution >= 4 is 50.4 Å². The second kappa shape index (κ2) is 7.02. The Morgan fingerprint density at radius 3 is 2.67 bits per heavy atom. The third kappa shape index (κ3) is 3.39. The molecule has 2 aromatic carbocycles. The number of fused-ring (bicyclic) bond motifs is 1. The van der Waals surface area contributed by atoms with Gasteiger partial charge >= 0.3 is 0 Å². The second-order valence-electron chi connectivity index (χ2n) is 6.19. The fourth-order valence-corrected chi connectivity index (χ4v) is 3.95. The smallest absolute Gasteiger partial charge is 0.265 e. The highest BCUT2D eigenvalue weighted by Crippen LogP contribution is 2.37. The number of nitrogens with one attached hydrogen (secondary N) is 1. The molecule has 4 rings (SSSR count). The molecule has 0 spiro atoms. The van der Waals surface area contributed by atoms with Crippen LogP contribution >= 0.6 is 22.9 Å².